The van der Waals surface area contributed by atoms with E-state index in [1.54, 1.807) is 25.3 Å². The fourth-order valence-electron chi connectivity index (χ4n) is 4.41. The van der Waals surface area contributed by atoms with Crippen LogP contribution in [0.25, 0.3) is 33.4 Å². The van der Waals surface area contributed by atoms with Gasteiger partial charge < -0.3 is 25.9 Å². The molecule has 0 aliphatic carbocycles. The Kier molecular flexibility index (Phi) is 5.35. The summed E-state index contributed by atoms with van der Waals surface area (Å²) in [4.78, 5) is 17.8. The van der Waals surface area contributed by atoms with Gasteiger partial charge in [-0.2, -0.15) is 5.10 Å². The molecule has 0 radical (unpaired) electrons. The number of nitrogens with two attached hydrogens (primary N) is 2. The van der Waals surface area contributed by atoms with Crippen molar-refractivity contribution < 1.29 is 14.3 Å². The van der Waals surface area contributed by atoms with Gasteiger partial charge in [0, 0.05) is 54.5 Å². The Morgan fingerprint density at radius 1 is 1.21 bits per heavy atom. The van der Waals surface area contributed by atoms with Crippen LogP contribution in [0.15, 0.2) is 53.3 Å². The zero-order valence-electron chi connectivity index (χ0n) is 18.3. The molecule has 5 rings (SSSR count). The fourth-order valence-corrected chi connectivity index (χ4v) is 4.41. The number of piperidine rings is 1. The Hall–Kier alpha value is -3.69. The summed E-state index contributed by atoms with van der Waals surface area (Å²) in [7, 11) is 0. The predicted octanol–water partition coefficient (Wildman–Crippen LogP) is 3.07. The number of aromatic nitrogens is 3. The van der Waals surface area contributed by atoms with Gasteiger partial charge in [0.25, 0.3) is 0 Å². The monoisotopic (exact) mass is 446 g/mol. The molecule has 1 aromatic carbocycles. The van der Waals surface area contributed by atoms with Crippen molar-refractivity contribution in [3.63, 3.8) is 0 Å². The van der Waals surface area contributed by atoms with E-state index in [-0.39, 0.29) is 11.9 Å². The van der Waals surface area contributed by atoms with Crippen LogP contribution >= 0.6 is 0 Å². The lowest BCUT2D eigenvalue weighted by atomic mass is 10.0. The van der Waals surface area contributed by atoms with Crippen molar-refractivity contribution in [3.05, 3.63) is 54.5 Å². The van der Waals surface area contributed by atoms with E-state index in [1.165, 1.54) is 0 Å². The minimum absolute atomic E-state index is 0.118. The number of fused-ring (bicyclic) bond motifs is 1. The second-order valence-electron chi connectivity index (χ2n) is 8.43. The highest BCUT2D eigenvalue weighted by molar-refractivity contribution is 6.00. The Bertz CT molecular complexity index is 1320. The van der Waals surface area contributed by atoms with E-state index in [1.807, 2.05) is 40.2 Å². The smallest absolute Gasteiger partial charge is 0.219 e. The van der Waals surface area contributed by atoms with Gasteiger partial charge in [-0.05, 0) is 30.5 Å². The summed E-state index contributed by atoms with van der Waals surface area (Å²) in [5.41, 5.74) is 15.4. The van der Waals surface area contributed by atoms with Crippen molar-refractivity contribution >= 4 is 22.7 Å². The lowest BCUT2D eigenvalue weighted by Crippen LogP contribution is -2.37. The molecular weight excluding hydrogens is 420 g/mol. The van der Waals surface area contributed by atoms with Crippen LogP contribution in [0.1, 0.15) is 37.6 Å². The summed E-state index contributed by atoms with van der Waals surface area (Å²) < 4.78 is 8.04. The number of aliphatic hydroxyl groups is 1. The van der Waals surface area contributed by atoms with Crippen LogP contribution in [0.5, 0.6) is 0 Å². The maximum atomic E-state index is 11.6. The molecule has 1 aliphatic rings. The van der Waals surface area contributed by atoms with E-state index in [9.17, 15) is 9.90 Å². The predicted molar refractivity (Wildman–Crippen MR) is 125 cm³/mol. The average molecular weight is 447 g/mol. The molecule has 1 saturated heterocycles. The van der Waals surface area contributed by atoms with Crippen LogP contribution in [-0.2, 0) is 4.79 Å². The molecule has 4 aromatic rings. The number of hydrogen-bond acceptors (Lipinski definition) is 7. The molecule has 0 spiro atoms. The number of furan rings is 1. The van der Waals surface area contributed by atoms with Gasteiger partial charge in [0.15, 0.2) is 11.4 Å². The third-order valence-corrected chi connectivity index (χ3v) is 6.30. The number of nitrogens with zero attached hydrogens (tertiary/aromatic N) is 4. The highest BCUT2D eigenvalue weighted by Gasteiger charge is 2.23. The summed E-state index contributed by atoms with van der Waals surface area (Å²) in [6.07, 6.45) is 6.24. The maximum absolute atomic E-state index is 11.6. The number of nitrogen functional groups attached to an aromatic ring is 1. The average Bonchev–Trinajstić information content (AvgIpc) is 3.48. The topological polar surface area (TPSA) is 136 Å². The van der Waals surface area contributed by atoms with Gasteiger partial charge in [0.2, 0.25) is 5.91 Å². The van der Waals surface area contributed by atoms with Crippen molar-refractivity contribution in [1.82, 2.24) is 19.7 Å². The van der Waals surface area contributed by atoms with Crippen LogP contribution in [-0.4, -0.2) is 43.8 Å². The van der Waals surface area contributed by atoms with Crippen molar-refractivity contribution in [2.45, 2.75) is 32.0 Å². The largest absolute Gasteiger partial charge is 0.452 e. The van der Waals surface area contributed by atoms with E-state index < -0.39 is 6.23 Å². The number of carbonyl (C=O) groups excluding carboxylic acids is 1. The number of benzene rings is 1. The Morgan fingerprint density at radius 2 is 2.00 bits per heavy atom. The highest BCUT2D eigenvalue weighted by atomic mass is 16.3. The maximum Gasteiger partial charge on any atom is 0.219 e. The second-order valence-corrected chi connectivity index (χ2v) is 8.43. The van der Waals surface area contributed by atoms with Crippen molar-refractivity contribution in [2.24, 2.45) is 5.73 Å². The van der Waals surface area contributed by atoms with Gasteiger partial charge in [-0.25, -0.2) is 4.98 Å². The van der Waals surface area contributed by atoms with Gasteiger partial charge in [0.1, 0.15) is 12.0 Å². The highest BCUT2D eigenvalue weighted by Crippen LogP contribution is 2.37. The number of hydrogen-bond donors (Lipinski definition) is 3. The van der Waals surface area contributed by atoms with Gasteiger partial charge in [0.05, 0.1) is 12.2 Å². The molecule has 0 bridgehead atoms. The first kappa shape index (κ1) is 21.2. The van der Waals surface area contributed by atoms with E-state index >= 15 is 0 Å². The molecular formula is C24H26N6O3. The number of rotatable bonds is 4. The third-order valence-electron chi connectivity index (χ3n) is 6.30. The molecule has 3 aromatic heterocycles. The molecule has 0 saturated carbocycles. The molecule has 4 heterocycles. The Labute approximate surface area is 190 Å². The van der Waals surface area contributed by atoms with E-state index in [0.29, 0.717) is 22.7 Å². The molecule has 1 unspecified atom stereocenters. The molecule has 1 fully saturated rings. The molecule has 9 nitrogen and oxygen atoms in total. The SMILES string of the molecule is CC(=O)N1CCC(n2cc(-c3cnc(N)c4oc(-c5cccc(C(N)O)c5)cc34)cn2)CC1. The summed E-state index contributed by atoms with van der Waals surface area (Å²) in [5.74, 6) is 1.03. The minimum Gasteiger partial charge on any atom is -0.452 e. The lowest BCUT2D eigenvalue weighted by Gasteiger charge is -2.31. The lowest BCUT2D eigenvalue weighted by molar-refractivity contribution is -0.130. The number of aliphatic hydroxyl groups excluding tert-OH is 1. The number of likely N-dealkylation sites (tertiary alicyclic amines) is 1. The van der Waals surface area contributed by atoms with E-state index in [2.05, 4.69) is 10.1 Å². The fraction of sp³-hybridized carbons (Fsp3) is 0.292. The van der Waals surface area contributed by atoms with E-state index in [0.717, 1.165) is 48.0 Å². The summed E-state index contributed by atoms with van der Waals surface area (Å²) in [5, 5.41) is 15.1. The molecule has 1 amide bonds. The first-order valence-corrected chi connectivity index (χ1v) is 10.9. The summed E-state index contributed by atoms with van der Waals surface area (Å²) in [6, 6.07) is 9.42. The first-order valence-electron chi connectivity index (χ1n) is 10.9. The summed E-state index contributed by atoms with van der Waals surface area (Å²) >= 11 is 0. The van der Waals surface area contributed by atoms with Crippen LogP contribution in [0.4, 0.5) is 5.82 Å². The van der Waals surface area contributed by atoms with Gasteiger partial charge in [-0.15, -0.1) is 0 Å². The number of anilines is 1. The summed E-state index contributed by atoms with van der Waals surface area (Å²) in [6.45, 7) is 3.09. The molecule has 1 aliphatic heterocycles. The van der Waals surface area contributed by atoms with E-state index in [4.69, 9.17) is 15.9 Å². The van der Waals surface area contributed by atoms with Crippen molar-refractivity contribution in [1.29, 1.82) is 0 Å². The molecule has 5 N–H and O–H groups in total. The van der Waals surface area contributed by atoms with Crippen molar-refractivity contribution in [2.75, 3.05) is 18.8 Å². The van der Waals surface area contributed by atoms with Gasteiger partial charge >= 0.3 is 0 Å². The Balaban J connectivity index is 1.48. The number of amides is 1. The standard InChI is InChI=1S/C24H26N6O3/c1-14(31)29-7-5-18(6-8-29)30-13-17(11-28-30)20-12-27-23(25)22-19(20)10-21(33-22)15-3-2-4-16(9-15)24(26)32/h2-4,9-13,18,24,32H,5-8,26H2,1H3,(H2,25,27). The Morgan fingerprint density at radius 3 is 2.73 bits per heavy atom. The quantitative estimate of drug-likeness (QED) is 0.410. The minimum atomic E-state index is -1.07. The molecule has 33 heavy (non-hydrogen) atoms. The van der Waals surface area contributed by atoms with Crippen LogP contribution in [0, 0.1) is 0 Å². The molecule has 9 heteroatoms. The van der Waals surface area contributed by atoms with Crippen LogP contribution in [0.2, 0.25) is 0 Å². The number of pyridine rings is 1. The third kappa shape index (κ3) is 3.96. The molecule has 170 valence electrons. The van der Waals surface area contributed by atoms with Crippen LogP contribution in [0.3, 0.4) is 0 Å². The number of carbonyl (C=O) groups is 1. The first-order chi connectivity index (χ1) is 15.9. The van der Waals surface area contributed by atoms with Crippen molar-refractivity contribution in [3.8, 4) is 22.5 Å². The molecule has 1 atom stereocenters. The van der Waals surface area contributed by atoms with Crippen LogP contribution < -0.4 is 11.5 Å². The van der Waals surface area contributed by atoms with Gasteiger partial charge in [-0.3, -0.25) is 9.48 Å². The zero-order valence-corrected chi connectivity index (χ0v) is 18.3. The second kappa shape index (κ2) is 8.34. The normalized spacial score (nSPS) is 15.8. The van der Waals surface area contributed by atoms with Gasteiger partial charge in [-0.1, -0.05) is 18.2 Å². The zero-order chi connectivity index (χ0) is 23.1.